The number of para-hydroxylation sites is 1. The van der Waals surface area contributed by atoms with E-state index in [1.54, 1.807) is 0 Å². The minimum Gasteiger partial charge on any atom is -0.375 e. The standard InChI is InChI=1S/C13H17ClN2O/c1-10-5-4-6-11(14)13(10)15-9-12(17)16-7-2-3-8-16/h4-6,15H,2-3,7-9H2,1H3. The third kappa shape index (κ3) is 2.91. The van der Waals surface area contributed by atoms with Crippen molar-refractivity contribution in [3.8, 4) is 0 Å². The van der Waals surface area contributed by atoms with E-state index in [0.29, 0.717) is 11.6 Å². The minimum absolute atomic E-state index is 0.154. The first kappa shape index (κ1) is 12.2. The summed E-state index contributed by atoms with van der Waals surface area (Å²) in [4.78, 5) is 13.8. The Morgan fingerprint density at radius 2 is 2.12 bits per heavy atom. The van der Waals surface area contributed by atoms with Crippen molar-refractivity contribution in [1.82, 2.24) is 4.90 Å². The lowest BCUT2D eigenvalue weighted by Crippen LogP contribution is -2.33. The Labute approximate surface area is 107 Å². The van der Waals surface area contributed by atoms with E-state index < -0.39 is 0 Å². The molecular formula is C13H17ClN2O. The fourth-order valence-corrected chi connectivity index (χ4v) is 2.39. The number of amides is 1. The zero-order valence-corrected chi connectivity index (χ0v) is 10.8. The zero-order chi connectivity index (χ0) is 12.3. The molecule has 0 saturated carbocycles. The molecule has 1 aromatic rings. The average Bonchev–Trinajstić information content (AvgIpc) is 2.81. The van der Waals surface area contributed by atoms with E-state index in [9.17, 15) is 4.79 Å². The number of benzene rings is 1. The van der Waals surface area contributed by atoms with Crippen molar-refractivity contribution in [2.24, 2.45) is 0 Å². The summed E-state index contributed by atoms with van der Waals surface area (Å²) >= 11 is 6.09. The highest BCUT2D eigenvalue weighted by Gasteiger charge is 2.17. The van der Waals surface area contributed by atoms with E-state index in [1.165, 1.54) is 0 Å². The van der Waals surface area contributed by atoms with E-state index in [0.717, 1.165) is 37.2 Å². The van der Waals surface area contributed by atoms with Crippen LogP contribution in [0.4, 0.5) is 5.69 Å². The molecule has 1 fully saturated rings. The fraction of sp³-hybridized carbons (Fsp3) is 0.462. The SMILES string of the molecule is Cc1cccc(Cl)c1NCC(=O)N1CCCC1. The Morgan fingerprint density at radius 3 is 2.76 bits per heavy atom. The van der Waals surface area contributed by atoms with Crippen LogP contribution >= 0.6 is 11.6 Å². The van der Waals surface area contributed by atoms with Gasteiger partial charge in [0.2, 0.25) is 5.91 Å². The van der Waals surface area contributed by atoms with Crippen molar-refractivity contribution < 1.29 is 4.79 Å². The number of likely N-dealkylation sites (tertiary alicyclic amines) is 1. The molecule has 1 saturated heterocycles. The topological polar surface area (TPSA) is 32.3 Å². The largest absolute Gasteiger partial charge is 0.375 e. The monoisotopic (exact) mass is 252 g/mol. The van der Waals surface area contributed by atoms with Gasteiger partial charge < -0.3 is 10.2 Å². The summed E-state index contributed by atoms with van der Waals surface area (Å²) < 4.78 is 0. The molecule has 2 rings (SSSR count). The van der Waals surface area contributed by atoms with Gasteiger partial charge in [-0.2, -0.15) is 0 Å². The highest BCUT2D eigenvalue weighted by Crippen LogP contribution is 2.25. The van der Waals surface area contributed by atoms with Gasteiger partial charge in [0.25, 0.3) is 0 Å². The van der Waals surface area contributed by atoms with Crippen LogP contribution in [-0.2, 0) is 4.79 Å². The van der Waals surface area contributed by atoms with Gasteiger partial charge in [-0.1, -0.05) is 23.7 Å². The molecule has 1 amide bonds. The van der Waals surface area contributed by atoms with Gasteiger partial charge in [-0.15, -0.1) is 0 Å². The molecule has 4 heteroatoms. The third-order valence-corrected chi connectivity index (χ3v) is 3.41. The zero-order valence-electron chi connectivity index (χ0n) is 10.0. The predicted octanol–water partition coefficient (Wildman–Crippen LogP) is 2.68. The number of nitrogens with zero attached hydrogens (tertiary/aromatic N) is 1. The Balaban J connectivity index is 1.95. The highest BCUT2D eigenvalue weighted by atomic mass is 35.5. The maximum absolute atomic E-state index is 11.9. The van der Waals surface area contributed by atoms with Crippen LogP contribution in [0.3, 0.4) is 0 Å². The molecule has 0 radical (unpaired) electrons. The number of halogens is 1. The smallest absolute Gasteiger partial charge is 0.241 e. The molecule has 17 heavy (non-hydrogen) atoms. The van der Waals surface area contributed by atoms with Crippen molar-refractivity contribution in [2.45, 2.75) is 19.8 Å². The lowest BCUT2D eigenvalue weighted by atomic mass is 10.2. The number of nitrogens with one attached hydrogen (secondary N) is 1. The van der Waals surface area contributed by atoms with E-state index >= 15 is 0 Å². The van der Waals surface area contributed by atoms with Crippen molar-refractivity contribution >= 4 is 23.2 Å². The molecule has 1 aliphatic rings. The van der Waals surface area contributed by atoms with Crippen molar-refractivity contribution in [1.29, 1.82) is 0 Å². The van der Waals surface area contributed by atoms with Gasteiger partial charge in [0.15, 0.2) is 0 Å². The number of anilines is 1. The molecule has 1 aliphatic heterocycles. The summed E-state index contributed by atoms with van der Waals surface area (Å²) in [5.41, 5.74) is 1.92. The summed E-state index contributed by atoms with van der Waals surface area (Å²) in [5.74, 6) is 0.154. The van der Waals surface area contributed by atoms with Crippen LogP contribution in [0.2, 0.25) is 5.02 Å². The van der Waals surface area contributed by atoms with Gasteiger partial charge in [-0.3, -0.25) is 4.79 Å². The molecule has 92 valence electrons. The molecule has 0 bridgehead atoms. The molecule has 1 aromatic carbocycles. The maximum atomic E-state index is 11.9. The molecule has 1 heterocycles. The Kier molecular flexibility index (Phi) is 3.89. The molecule has 3 nitrogen and oxygen atoms in total. The molecule has 1 N–H and O–H groups in total. The van der Waals surface area contributed by atoms with Crippen LogP contribution in [0.1, 0.15) is 18.4 Å². The number of carbonyl (C=O) groups excluding carboxylic acids is 1. The Morgan fingerprint density at radius 1 is 1.41 bits per heavy atom. The molecule has 0 aromatic heterocycles. The van der Waals surface area contributed by atoms with Gasteiger partial charge in [-0.25, -0.2) is 0 Å². The first-order chi connectivity index (χ1) is 8.18. The Bertz CT molecular complexity index is 394. The van der Waals surface area contributed by atoms with Crippen LogP contribution in [0.5, 0.6) is 0 Å². The summed E-state index contributed by atoms with van der Waals surface area (Å²) in [7, 11) is 0. The third-order valence-electron chi connectivity index (χ3n) is 3.10. The van der Waals surface area contributed by atoms with Gasteiger partial charge in [0, 0.05) is 13.1 Å². The van der Waals surface area contributed by atoms with Crippen LogP contribution in [0.15, 0.2) is 18.2 Å². The number of aryl methyl sites for hydroxylation is 1. The number of carbonyl (C=O) groups is 1. The second-order valence-electron chi connectivity index (χ2n) is 4.37. The predicted molar refractivity (Wildman–Crippen MR) is 70.5 cm³/mol. The van der Waals surface area contributed by atoms with Crippen LogP contribution in [0, 0.1) is 6.92 Å². The first-order valence-electron chi connectivity index (χ1n) is 5.95. The molecule has 0 atom stereocenters. The molecule has 0 spiro atoms. The van der Waals surface area contributed by atoms with Crippen LogP contribution < -0.4 is 5.32 Å². The average molecular weight is 253 g/mol. The summed E-state index contributed by atoms with van der Waals surface area (Å²) in [6.07, 6.45) is 2.24. The second kappa shape index (κ2) is 5.41. The minimum atomic E-state index is 0.154. The Hall–Kier alpha value is -1.22. The van der Waals surface area contributed by atoms with E-state index in [1.807, 2.05) is 30.0 Å². The summed E-state index contributed by atoms with van der Waals surface area (Å²) in [5, 5.41) is 3.80. The first-order valence-corrected chi connectivity index (χ1v) is 6.33. The van der Waals surface area contributed by atoms with Crippen molar-refractivity contribution in [3.05, 3.63) is 28.8 Å². The van der Waals surface area contributed by atoms with Gasteiger partial charge >= 0.3 is 0 Å². The van der Waals surface area contributed by atoms with E-state index in [2.05, 4.69) is 5.32 Å². The molecular weight excluding hydrogens is 236 g/mol. The quantitative estimate of drug-likeness (QED) is 0.897. The van der Waals surface area contributed by atoms with Crippen LogP contribution in [0.25, 0.3) is 0 Å². The molecule has 0 unspecified atom stereocenters. The van der Waals surface area contributed by atoms with Crippen molar-refractivity contribution in [2.75, 3.05) is 25.0 Å². The van der Waals surface area contributed by atoms with Gasteiger partial charge in [0.1, 0.15) is 0 Å². The van der Waals surface area contributed by atoms with Crippen molar-refractivity contribution in [3.63, 3.8) is 0 Å². The lowest BCUT2D eigenvalue weighted by molar-refractivity contribution is -0.128. The van der Waals surface area contributed by atoms with Gasteiger partial charge in [0.05, 0.1) is 17.3 Å². The second-order valence-corrected chi connectivity index (χ2v) is 4.78. The highest BCUT2D eigenvalue weighted by molar-refractivity contribution is 6.33. The fourth-order valence-electron chi connectivity index (χ4n) is 2.10. The number of hydrogen-bond donors (Lipinski definition) is 1. The summed E-state index contributed by atoms with van der Waals surface area (Å²) in [6.45, 7) is 4.09. The maximum Gasteiger partial charge on any atom is 0.241 e. The van der Waals surface area contributed by atoms with E-state index in [-0.39, 0.29) is 5.91 Å². The van der Waals surface area contributed by atoms with Crippen LogP contribution in [-0.4, -0.2) is 30.4 Å². The lowest BCUT2D eigenvalue weighted by Gasteiger charge is -2.17. The summed E-state index contributed by atoms with van der Waals surface area (Å²) in [6, 6.07) is 5.72. The van der Waals surface area contributed by atoms with Gasteiger partial charge in [-0.05, 0) is 31.4 Å². The number of rotatable bonds is 3. The van der Waals surface area contributed by atoms with E-state index in [4.69, 9.17) is 11.6 Å². The normalized spacial score (nSPS) is 15.1. The number of hydrogen-bond acceptors (Lipinski definition) is 2. The molecule has 0 aliphatic carbocycles.